The highest BCUT2D eigenvalue weighted by Gasteiger charge is 2.35. The fraction of sp³-hybridized carbons (Fsp3) is 0.143. The van der Waals surface area contributed by atoms with Gasteiger partial charge in [-0.05, 0) is 45.3 Å². The molecule has 0 spiro atoms. The molecule has 0 bridgehead atoms. The summed E-state index contributed by atoms with van der Waals surface area (Å²) in [4.78, 5) is 0. The Morgan fingerprint density at radius 3 is 2.38 bits per heavy atom. The van der Waals surface area contributed by atoms with E-state index in [4.69, 9.17) is 17.4 Å². The molecule has 21 heavy (non-hydrogen) atoms. The third-order valence-electron chi connectivity index (χ3n) is 3.02. The first kappa shape index (κ1) is 16.3. The number of hydrogen-bond donors (Lipinski definition) is 2. The Bertz CT molecular complexity index is 646. The third-order valence-corrected chi connectivity index (χ3v) is 4.25. The van der Waals surface area contributed by atoms with E-state index in [1.165, 1.54) is 18.2 Å². The summed E-state index contributed by atoms with van der Waals surface area (Å²) in [7, 11) is 0. The van der Waals surface area contributed by atoms with Crippen LogP contribution in [0.25, 0.3) is 0 Å². The van der Waals surface area contributed by atoms with Gasteiger partial charge in [-0.15, -0.1) is 0 Å². The van der Waals surface area contributed by atoms with E-state index in [1.54, 1.807) is 18.2 Å². The standard InChI is InChI=1S/C14H11BrClF3N2/c15-11-6-5-8(7-12(11)16)13(21-20)9-3-1-2-4-10(9)14(17,18)19/h1-7,13,21H,20H2. The largest absolute Gasteiger partial charge is 0.416 e. The van der Waals surface area contributed by atoms with Gasteiger partial charge in [0.05, 0.1) is 16.6 Å². The van der Waals surface area contributed by atoms with Gasteiger partial charge in [0.15, 0.2) is 0 Å². The number of alkyl halides is 3. The monoisotopic (exact) mass is 378 g/mol. The molecule has 1 unspecified atom stereocenters. The first-order chi connectivity index (χ1) is 9.84. The average molecular weight is 380 g/mol. The van der Waals surface area contributed by atoms with Crippen LogP contribution in [0.3, 0.4) is 0 Å². The molecule has 2 nitrogen and oxygen atoms in total. The Morgan fingerprint density at radius 1 is 1.14 bits per heavy atom. The van der Waals surface area contributed by atoms with E-state index in [1.807, 2.05) is 0 Å². The Labute approximate surface area is 133 Å². The summed E-state index contributed by atoms with van der Waals surface area (Å²) >= 11 is 9.23. The lowest BCUT2D eigenvalue weighted by Crippen LogP contribution is -2.30. The zero-order chi connectivity index (χ0) is 15.6. The molecule has 0 aliphatic heterocycles. The highest BCUT2D eigenvalue weighted by atomic mass is 79.9. The number of nitrogens with one attached hydrogen (secondary N) is 1. The molecular weight excluding hydrogens is 369 g/mol. The number of rotatable bonds is 3. The van der Waals surface area contributed by atoms with E-state index in [0.29, 0.717) is 15.1 Å². The maximum atomic E-state index is 13.1. The van der Waals surface area contributed by atoms with E-state index in [0.717, 1.165) is 6.07 Å². The topological polar surface area (TPSA) is 38.0 Å². The van der Waals surface area contributed by atoms with E-state index >= 15 is 0 Å². The van der Waals surface area contributed by atoms with Gasteiger partial charge < -0.3 is 0 Å². The number of nitrogens with two attached hydrogens (primary N) is 1. The van der Waals surface area contributed by atoms with Crippen LogP contribution < -0.4 is 11.3 Å². The summed E-state index contributed by atoms with van der Waals surface area (Å²) in [6.07, 6.45) is -4.45. The van der Waals surface area contributed by atoms with E-state index < -0.39 is 17.8 Å². The van der Waals surface area contributed by atoms with Gasteiger partial charge in [-0.3, -0.25) is 5.84 Å². The smallest absolute Gasteiger partial charge is 0.271 e. The van der Waals surface area contributed by atoms with Crippen molar-refractivity contribution >= 4 is 27.5 Å². The molecule has 0 aliphatic rings. The van der Waals surface area contributed by atoms with Crippen molar-refractivity contribution in [2.75, 3.05) is 0 Å². The van der Waals surface area contributed by atoms with Crippen LogP contribution in [0.5, 0.6) is 0 Å². The number of benzene rings is 2. The normalized spacial score (nSPS) is 13.2. The van der Waals surface area contributed by atoms with Crippen LogP contribution in [0.4, 0.5) is 13.2 Å². The van der Waals surface area contributed by atoms with Gasteiger partial charge in [-0.1, -0.05) is 35.9 Å². The Hall–Kier alpha value is -1.08. The first-order valence-corrected chi connectivity index (χ1v) is 7.09. The molecule has 0 saturated heterocycles. The second-order valence-electron chi connectivity index (χ2n) is 4.36. The van der Waals surface area contributed by atoms with Gasteiger partial charge in [-0.2, -0.15) is 13.2 Å². The summed E-state index contributed by atoms with van der Waals surface area (Å²) in [5.74, 6) is 5.46. The maximum absolute atomic E-state index is 13.1. The summed E-state index contributed by atoms with van der Waals surface area (Å²) in [5.41, 5.74) is 2.28. The van der Waals surface area contributed by atoms with Gasteiger partial charge in [0, 0.05) is 4.47 Å². The maximum Gasteiger partial charge on any atom is 0.416 e. The molecule has 3 N–H and O–H groups in total. The molecule has 0 aliphatic carbocycles. The predicted octanol–water partition coefficient (Wildman–Crippen LogP) is 4.67. The number of hydrogen-bond acceptors (Lipinski definition) is 2. The second-order valence-corrected chi connectivity index (χ2v) is 5.62. The van der Waals surface area contributed by atoms with E-state index in [2.05, 4.69) is 21.4 Å². The highest BCUT2D eigenvalue weighted by molar-refractivity contribution is 9.10. The molecule has 7 heteroatoms. The van der Waals surface area contributed by atoms with Crippen LogP contribution >= 0.6 is 27.5 Å². The summed E-state index contributed by atoms with van der Waals surface area (Å²) in [6, 6.07) is 9.39. The zero-order valence-electron chi connectivity index (χ0n) is 10.6. The number of halogens is 5. The van der Waals surface area contributed by atoms with E-state index in [9.17, 15) is 13.2 Å². The Kier molecular flexibility index (Phi) is 4.93. The molecule has 0 aromatic heterocycles. The summed E-state index contributed by atoms with van der Waals surface area (Å²) in [6.45, 7) is 0. The van der Waals surface area contributed by atoms with Crippen molar-refractivity contribution in [1.82, 2.24) is 5.43 Å². The third kappa shape index (κ3) is 3.58. The van der Waals surface area contributed by atoms with Gasteiger partial charge in [0.25, 0.3) is 0 Å². The van der Waals surface area contributed by atoms with Crippen LogP contribution in [-0.4, -0.2) is 0 Å². The van der Waals surface area contributed by atoms with Gasteiger partial charge in [-0.25, -0.2) is 5.43 Å². The van der Waals surface area contributed by atoms with Gasteiger partial charge >= 0.3 is 6.18 Å². The molecule has 0 saturated carbocycles. The number of hydrazine groups is 1. The van der Waals surface area contributed by atoms with Crippen molar-refractivity contribution in [3.8, 4) is 0 Å². The molecule has 0 heterocycles. The SMILES string of the molecule is NNC(c1ccc(Br)c(Cl)c1)c1ccccc1C(F)(F)F. The lowest BCUT2D eigenvalue weighted by atomic mass is 9.94. The Morgan fingerprint density at radius 2 is 1.81 bits per heavy atom. The fourth-order valence-electron chi connectivity index (χ4n) is 2.06. The Balaban J connectivity index is 2.54. The lowest BCUT2D eigenvalue weighted by molar-refractivity contribution is -0.138. The molecule has 2 aromatic carbocycles. The minimum atomic E-state index is -4.45. The first-order valence-electron chi connectivity index (χ1n) is 5.91. The molecule has 1 atom stereocenters. The fourth-order valence-corrected chi connectivity index (χ4v) is 2.50. The predicted molar refractivity (Wildman–Crippen MR) is 79.8 cm³/mol. The molecule has 0 fully saturated rings. The van der Waals surface area contributed by atoms with Crippen molar-refractivity contribution in [2.45, 2.75) is 12.2 Å². The minimum absolute atomic E-state index is 0.0471. The zero-order valence-corrected chi connectivity index (χ0v) is 12.9. The lowest BCUT2D eigenvalue weighted by Gasteiger charge is -2.21. The molecular formula is C14H11BrClF3N2. The molecule has 0 radical (unpaired) electrons. The van der Waals surface area contributed by atoms with Crippen LogP contribution in [-0.2, 0) is 6.18 Å². The molecule has 2 rings (SSSR count). The minimum Gasteiger partial charge on any atom is -0.271 e. The average Bonchev–Trinajstić information content (AvgIpc) is 2.43. The van der Waals surface area contributed by atoms with Crippen LogP contribution in [0.1, 0.15) is 22.7 Å². The van der Waals surface area contributed by atoms with Crippen molar-refractivity contribution < 1.29 is 13.2 Å². The van der Waals surface area contributed by atoms with Gasteiger partial charge in [0.2, 0.25) is 0 Å². The quantitative estimate of drug-likeness (QED) is 0.600. The summed E-state index contributed by atoms with van der Waals surface area (Å²) in [5, 5.41) is 0.400. The van der Waals surface area contributed by atoms with Gasteiger partial charge in [0.1, 0.15) is 0 Å². The van der Waals surface area contributed by atoms with Crippen molar-refractivity contribution in [3.63, 3.8) is 0 Å². The van der Waals surface area contributed by atoms with Crippen LogP contribution in [0.2, 0.25) is 5.02 Å². The van der Waals surface area contributed by atoms with Crippen molar-refractivity contribution in [1.29, 1.82) is 0 Å². The highest BCUT2D eigenvalue weighted by Crippen LogP contribution is 2.37. The van der Waals surface area contributed by atoms with Crippen molar-refractivity contribution in [2.24, 2.45) is 5.84 Å². The van der Waals surface area contributed by atoms with Crippen molar-refractivity contribution in [3.05, 3.63) is 68.7 Å². The molecule has 0 amide bonds. The molecule has 2 aromatic rings. The molecule has 112 valence electrons. The second kappa shape index (κ2) is 6.36. The van der Waals surface area contributed by atoms with Crippen LogP contribution in [0.15, 0.2) is 46.9 Å². The van der Waals surface area contributed by atoms with E-state index in [-0.39, 0.29) is 5.56 Å². The van der Waals surface area contributed by atoms with Crippen LogP contribution in [0, 0.1) is 0 Å². The summed E-state index contributed by atoms with van der Waals surface area (Å²) < 4.78 is 40.0.